The molecular formula is C50H37BN3. The minimum Gasteiger partial charge on any atom is -0.355 e. The van der Waals surface area contributed by atoms with E-state index >= 15 is 0 Å². The fourth-order valence-electron chi connectivity index (χ4n) is 9.26. The molecule has 1 aromatic heterocycles. The van der Waals surface area contributed by atoms with Gasteiger partial charge in [0, 0.05) is 50.2 Å². The predicted molar refractivity (Wildman–Crippen MR) is 230 cm³/mol. The molecule has 2 aliphatic rings. The van der Waals surface area contributed by atoms with Crippen LogP contribution >= 0.6 is 0 Å². The van der Waals surface area contributed by atoms with E-state index in [0.29, 0.717) is 0 Å². The Morgan fingerprint density at radius 1 is 0.593 bits per heavy atom. The van der Waals surface area contributed by atoms with Gasteiger partial charge in [-0.3, -0.25) is 0 Å². The fourth-order valence-corrected chi connectivity index (χ4v) is 9.26. The zero-order valence-electron chi connectivity index (χ0n) is 30.6. The molecule has 0 spiro atoms. The number of rotatable bonds is 6. The highest BCUT2D eigenvalue weighted by Crippen LogP contribution is 2.53. The van der Waals surface area contributed by atoms with Crippen molar-refractivity contribution >= 4 is 79.2 Å². The van der Waals surface area contributed by atoms with Crippen LogP contribution in [-0.2, 0) is 5.41 Å². The Morgan fingerprint density at radius 2 is 1.28 bits per heavy atom. The van der Waals surface area contributed by atoms with Crippen molar-refractivity contribution in [2.24, 2.45) is 0 Å². The first kappa shape index (κ1) is 31.1. The van der Waals surface area contributed by atoms with Crippen LogP contribution in [0.5, 0.6) is 0 Å². The predicted octanol–water partition coefficient (Wildman–Crippen LogP) is 11.7. The van der Waals surface area contributed by atoms with Gasteiger partial charge in [0.05, 0.1) is 16.7 Å². The van der Waals surface area contributed by atoms with Crippen molar-refractivity contribution in [1.29, 1.82) is 0 Å². The zero-order valence-corrected chi connectivity index (χ0v) is 30.6. The molecule has 11 rings (SSSR count). The lowest BCUT2D eigenvalue weighted by molar-refractivity contribution is 0.632. The van der Waals surface area contributed by atoms with Gasteiger partial charge in [-0.05, 0) is 94.4 Å². The summed E-state index contributed by atoms with van der Waals surface area (Å²) < 4.78 is 2.63. The second-order valence-corrected chi connectivity index (χ2v) is 15.3. The number of hydrogen-bond acceptors (Lipinski definition) is 2. The van der Waals surface area contributed by atoms with E-state index < -0.39 is 0 Å². The first-order valence-corrected chi connectivity index (χ1v) is 18.9. The maximum Gasteiger partial charge on any atom is 0.197 e. The molecule has 4 heteroatoms. The summed E-state index contributed by atoms with van der Waals surface area (Å²) >= 11 is 0. The number of para-hydroxylation sites is 4. The Kier molecular flexibility index (Phi) is 6.61. The summed E-state index contributed by atoms with van der Waals surface area (Å²) in [6.07, 6.45) is 0. The minimum absolute atomic E-state index is 0.199. The summed E-state index contributed by atoms with van der Waals surface area (Å²) in [4.78, 5) is 2.47. The van der Waals surface area contributed by atoms with Crippen LogP contribution < -0.4 is 21.1 Å². The molecule has 0 saturated carbocycles. The molecular weight excluding hydrogens is 653 g/mol. The molecule has 3 heterocycles. The van der Waals surface area contributed by atoms with Gasteiger partial charge in [0.15, 0.2) is 7.28 Å². The van der Waals surface area contributed by atoms with Gasteiger partial charge in [-0.1, -0.05) is 134 Å². The fraction of sp³-hybridized carbons (Fsp3) is 0.0800. The van der Waals surface area contributed by atoms with Crippen molar-refractivity contribution in [2.75, 3.05) is 10.2 Å². The lowest BCUT2D eigenvalue weighted by atomic mass is 9.57. The van der Waals surface area contributed by atoms with Gasteiger partial charge in [0.2, 0.25) is 0 Å². The molecule has 0 atom stereocenters. The number of benzene rings is 8. The third-order valence-electron chi connectivity index (χ3n) is 11.8. The number of anilines is 5. The Labute approximate surface area is 316 Å². The van der Waals surface area contributed by atoms with E-state index in [-0.39, 0.29) is 5.41 Å². The summed E-state index contributed by atoms with van der Waals surface area (Å²) in [5.41, 5.74) is 18.0. The van der Waals surface area contributed by atoms with Gasteiger partial charge in [0.1, 0.15) is 0 Å². The Hall–Kier alpha value is -6.52. The van der Waals surface area contributed by atoms with Crippen molar-refractivity contribution in [3.8, 4) is 16.8 Å². The van der Waals surface area contributed by atoms with Crippen molar-refractivity contribution in [2.45, 2.75) is 26.2 Å². The molecule has 1 N–H and O–H groups in total. The lowest BCUT2D eigenvalue weighted by Crippen LogP contribution is -2.41. The van der Waals surface area contributed by atoms with E-state index in [1.54, 1.807) is 0 Å². The first-order chi connectivity index (χ1) is 26.5. The number of nitrogens with one attached hydrogen (secondary N) is 1. The molecule has 1 radical (unpaired) electrons. The van der Waals surface area contributed by atoms with Crippen molar-refractivity contribution in [3.05, 3.63) is 180 Å². The molecule has 255 valence electrons. The van der Waals surface area contributed by atoms with E-state index in [0.717, 1.165) is 34.0 Å². The first-order valence-electron chi connectivity index (χ1n) is 18.9. The van der Waals surface area contributed by atoms with Crippen molar-refractivity contribution in [1.82, 2.24) is 4.57 Å². The largest absolute Gasteiger partial charge is 0.355 e. The molecule has 8 aromatic carbocycles. The normalized spacial score (nSPS) is 13.4. The maximum absolute atomic E-state index is 3.81. The number of hydrogen-bond donors (Lipinski definition) is 1. The quantitative estimate of drug-likeness (QED) is 0.175. The van der Waals surface area contributed by atoms with Crippen LogP contribution in [0.25, 0.3) is 49.4 Å². The highest BCUT2D eigenvalue weighted by Gasteiger charge is 2.41. The maximum atomic E-state index is 3.81. The molecule has 0 saturated heterocycles. The van der Waals surface area contributed by atoms with Gasteiger partial charge >= 0.3 is 0 Å². The van der Waals surface area contributed by atoms with Crippen LogP contribution in [0.4, 0.5) is 28.4 Å². The van der Waals surface area contributed by atoms with E-state index in [2.05, 4.69) is 207 Å². The highest BCUT2D eigenvalue weighted by atomic mass is 15.1. The minimum atomic E-state index is -0.199. The van der Waals surface area contributed by atoms with E-state index in [4.69, 9.17) is 0 Å². The van der Waals surface area contributed by atoms with E-state index in [1.807, 2.05) is 0 Å². The average Bonchev–Trinajstić information content (AvgIpc) is 3.57. The monoisotopic (exact) mass is 690 g/mol. The topological polar surface area (TPSA) is 20.2 Å². The molecule has 54 heavy (non-hydrogen) atoms. The SMILES string of the molecule is Cc1ccc(Nc2ccccc2-c2cc(N(c3ccccc3)c3ccccc3)c3c4c5ccccc5cc5c4n4c3c2[B]c2cccc(c2-4)C5(C)C)cc1. The lowest BCUT2D eigenvalue weighted by Gasteiger charge is -2.38. The number of fused-ring (bicyclic) bond motifs is 3. The smallest absolute Gasteiger partial charge is 0.197 e. The summed E-state index contributed by atoms with van der Waals surface area (Å²) in [6.45, 7) is 6.94. The van der Waals surface area contributed by atoms with Crippen molar-refractivity contribution < 1.29 is 0 Å². The van der Waals surface area contributed by atoms with Crippen LogP contribution in [0, 0.1) is 6.92 Å². The van der Waals surface area contributed by atoms with Gasteiger partial charge in [0.25, 0.3) is 0 Å². The van der Waals surface area contributed by atoms with Gasteiger partial charge in [-0.15, -0.1) is 0 Å². The third-order valence-corrected chi connectivity index (χ3v) is 11.8. The average molecular weight is 691 g/mol. The number of aryl methyl sites for hydroxylation is 1. The standard InChI is InChI=1S/C50H37BN3/c1-31-25-27-33(28-26-31)52-42-24-13-12-21-37(42)38-30-43(53(34-16-6-4-7-17-34)35-18-8-5-9-19-35)45-44-36-20-11-10-15-32(36)29-40-48(44)54-47-39(50(40,2)3)22-14-23-41(47)51-46(38)49(45)54/h4-30,52H,1-3H3. The Bertz CT molecular complexity index is 2920. The summed E-state index contributed by atoms with van der Waals surface area (Å²) in [6, 6.07) is 59.9. The Morgan fingerprint density at radius 3 is 2.04 bits per heavy atom. The van der Waals surface area contributed by atoms with E-state index in [9.17, 15) is 0 Å². The van der Waals surface area contributed by atoms with Crippen LogP contribution in [0.15, 0.2) is 164 Å². The molecule has 0 amide bonds. The van der Waals surface area contributed by atoms with Crippen molar-refractivity contribution in [3.63, 3.8) is 0 Å². The van der Waals surface area contributed by atoms with Crippen LogP contribution in [-0.4, -0.2) is 11.8 Å². The van der Waals surface area contributed by atoms with Gasteiger partial charge in [-0.2, -0.15) is 0 Å². The molecule has 0 fully saturated rings. The van der Waals surface area contributed by atoms with Crippen LogP contribution in [0.3, 0.4) is 0 Å². The summed E-state index contributed by atoms with van der Waals surface area (Å²) in [5, 5.41) is 8.94. The molecule has 0 unspecified atom stereocenters. The highest BCUT2D eigenvalue weighted by molar-refractivity contribution is 6.74. The van der Waals surface area contributed by atoms with E-state index in [1.165, 1.54) is 71.4 Å². The van der Waals surface area contributed by atoms with Gasteiger partial charge < -0.3 is 14.8 Å². The second-order valence-electron chi connectivity index (χ2n) is 15.3. The summed E-state index contributed by atoms with van der Waals surface area (Å²) in [7, 11) is 2.46. The third kappa shape index (κ3) is 4.37. The van der Waals surface area contributed by atoms with Crippen LogP contribution in [0.1, 0.15) is 30.5 Å². The van der Waals surface area contributed by atoms with Gasteiger partial charge in [-0.25, -0.2) is 0 Å². The molecule has 0 bridgehead atoms. The summed E-state index contributed by atoms with van der Waals surface area (Å²) in [5.74, 6) is 0. The second kappa shape index (κ2) is 11.5. The Balaban J connectivity index is 1.35. The van der Waals surface area contributed by atoms with Crippen LogP contribution in [0.2, 0.25) is 0 Å². The molecule has 0 aliphatic carbocycles. The number of nitrogens with zero attached hydrogens (tertiary/aromatic N) is 2. The molecule has 2 aliphatic heterocycles. The molecule has 3 nitrogen and oxygen atoms in total. The zero-order chi connectivity index (χ0) is 36.1. The number of aromatic nitrogens is 1. The molecule has 9 aromatic rings.